The van der Waals surface area contributed by atoms with Gasteiger partial charge in [0.25, 0.3) is 0 Å². The summed E-state index contributed by atoms with van der Waals surface area (Å²) in [6.45, 7) is 0. The molecule has 0 aromatic carbocycles. The third-order valence-electron chi connectivity index (χ3n) is 1.27. The van der Waals surface area contributed by atoms with Gasteiger partial charge < -0.3 is 9.97 Å². The van der Waals surface area contributed by atoms with Gasteiger partial charge >= 0.3 is 0 Å². The highest BCUT2D eigenvalue weighted by Crippen LogP contribution is 2.09. The first-order valence-electron chi connectivity index (χ1n) is 2.86. The summed E-state index contributed by atoms with van der Waals surface area (Å²) >= 11 is 8.14. The number of imidazole rings is 1. The van der Waals surface area contributed by atoms with Crippen molar-refractivity contribution in [2.75, 3.05) is 0 Å². The van der Waals surface area contributed by atoms with Gasteiger partial charge in [-0.2, -0.15) is 0 Å². The molecule has 0 amide bonds. The van der Waals surface area contributed by atoms with Crippen molar-refractivity contribution in [2.45, 2.75) is 0 Å². The van der Waals surface area contributed by atoms with Crippen LogP contribution in [0.2, 0.25) is 0 Å². The summed E-state index contributed by atoms with van der Waals surface area (Å²) in [4.78, 5) is 13.8. The number of hydrogen-bond donors (Lipinski definition) is 2. The topological polar surface area (TPSA) is 57.4 Å². The molecule has 0 aliphatic rings. The second kappa shape index (κ2) is 2.38. The second-order valence-electron chi connectivity index (χ2n) is 1.96. The normalized spacial score (nSPS) is 10.6. The molecule has 2 heterocycles. The van der Waals surface area contributed by atoms with Crippen LogP contribution in [0, 0.1) is 4.64 Å². The molecule has 6 heteroatoms. The molecule has 0 bridgehead atoms. The fraction of sp³-hybridized carbons (Fsp3) is 0. The number of fused-ring (bicyclic) bond motifs is 1. The molecular weight excluding hydrogens is 228 g/mol. The van der Waals surface area contributed by atoms with Gasteiger partial charge in [-0.3, -0.25) is 0 Å². The van der Waals surface area contributed by atoms with Crippen molar-refractivity contribution in [1.29, 1.82) is 0 Å². The number of nitrogens with one attached hydrogen (secondary N) is 2. The Morgan fingerprint density at radius 2 is 2.36 bits per heavy atom. The van der Waals surface area contributed by atoms with E-state index in [9.17, 15) is 0 Å². The molecule has 2 N–H and O–H groups in total. The van der Waals surface area contributed by atoms with Gasteiger partial charge in [-0.05, 0) is 15.9 Å². The minimum atomic E-state index is 0.517. The van der Waals surface area contributed by atoms with E-state index in [2.05, 4.69) is 35.9 Å². The van der Waals surface area contributed by atoms with E-state index < -0.39 is 0 Å². The minimum Gasteiger partial charge on any atom is -0.341 e. The Bertz CT molecular complexity index is 445. The van der Waals surface area contributed by atoms with Crippen molar-refractivity contribution in [1.82, 2.24) is 19.9 Å². The fourth-order valence-electron chi connectivity index (χ4n) is 0.823. The first-order chi connectivity index (χ1) is 5.27. The molecule has 2 aromatic rings. The quantitative estimate of drug-likeness (QED) is 0.536. The number of nitrogens with zero attached hydrogens (tertiary/aromatic N) is 2. The molecule has 0 spiro atoms. The van der Waals surface area contributed by atoms with Crippen LogP contribution in [-0.4, -0.2) is 19.9 Å². The lowest BCUT2D eigenvalue weighted by molar-refractivity contribution is 1.13. The molecule has 0 aliphatic heterocycles. The maximum atomic E-state index is 4.96. The summed E-state index contributed by atoms with van der Waals surface area (Å²) in [6.07, 6.45) is 1.57. The van der Waals surface area contributed by atoms with Crippen LogP contribution in [0.3, 0.4) is 0 Å². The molecule has 0 unspecified atom stereocenters. The highest BCUT2D eigenvalue weighted by Gasteiger charge is 1.99. The summed E-state index contributed by atoms with van der Waals surface area (Å²) in [6, 6.07) is 0. The number of aromatic amines is 2. The van der Waals surface area contributed by atoms with Gasteiger partial charge in [0.05, 0.1) is 6.33 Å². The molecule has 0 saturated heterocycles. The Hall–Kier alpha value is -0.750. The lowest BCUT2D eigenvalue weighted by Gasteiger charge is -1.89. The van der Waals surface area contributed by atoms with Crippen molar-refractivity contribution in [3.05, 3.63) is 15.7 Å². The van der Waals surface area contributed by atoms with E-state index in [1.807, 2.05) is 0 Å². The number of halogens is 1. The van der Waals surface area contributed by atoms with Crippen molar-refractivity contribution in [3.8, 4) is 0 Å². The third-order valence-corrected chi connectivity index (χ3v) is 1.95. The van der Waals surface area contributed by atoms with E-state index in [0.717, 1.165) is 11.2 Å². The van der Waals surface area contributed by atoms with Crippen molar-refractivity contribution >= 4 is 39.3 Å². The van der Waals surface area contributed by atoms with Gasteiger partial charge in [-0.25, -0.2) is 9.97 Å². The maximum Gasteiger partial charge on any atom is 0.177 e. The second-order valence-corrected chi connectivity index (χ2v) is 3.10. The monoisotopic (exact) mass is 230 g/mol. The molecule has 2 aromatic heterocycles. The lowest BCUT2D eigenvalue weighted by Crippen LogP contribution is -1.84. The SMILES string of the molecule is S=c1nc(Br)[nH]c2nc[nH]c12. The average molecular weight is 231 g/mol. The van der Waals surface area contributed by atoms with Crippen LogP contribution in [0.1, 0.15) is 0 Å². The van der Waals surface area contributed by atoms with Crippen LogP contribution in [0.25, 0.3) is 11.2 Å². The molecular formula is C5H3BrN4S. The highest BCUT2D eigenvalue weighted by molar-refractivity contribution is 9.10. The maximum absolute atomic E-state index is 4.96. The van der Waals surface area contributed by atoms with E-state index >= 15 is 0 Å². The summed E-state index contributed by atoms with van der Waals surface area (Å²) in [5.41, 5.74) is 1.49. The Kier molecular flexibility index (Phi) is 1.50. The zero-order valence-corrected chi connectivity index (χ0v) is 7.66. The Labute approximate surface area is 75.2 Å². The van der Waals surface area contributed by atoms with E-state index in [1.54, 1.807) is 6.33 Å². The molecule has 0 saturated carbocycles. The molecule has 11 heavy (non-hydrogen) atoms. The van der Waals surface area contributed by atoms with Crippen LogP contribution in [0.5, 0.6) is 0 Å². The van der Waals surface area contributed by atoms with E-state index in [0.29, 0.717) is 9.37 Å². The molecule has 4 nitrogen and oxygen atoms in total. The highest BCUT2D eigenvalue weighted by atomic mass is 79.9. The van der Waals surface area contributed by atoms with E-state index in [-0.39, 0.29) is 0 Å². The van der Waals surface area contributed by atoms with Crippen LogP contribution in [0.4, 0.5) is 0 Å². The Balaban J connectivity index is 3.02. The molecule has 56 valence electrons. The van der Waals surface area contributed by atoms with Crippen LogP contribution in [0.15, 0.2) is 11.1 Å². The van der Waals surface area contributed by atoms with Gasteiger partial charge in [0.2, 0.25) is 0 Å². The first-order valence-corrected chi connectivity index (χ1v) is 4.06. The third kappa shape index (κ3) is 1.08. The largest absolute Gasteiger partial charge is 0.341 e. The minimum absolute atomic E-state index is 0.517. The number of H-pyrrole nitrogens is 2. The van der Waals surface area contributed by atoms with Crippen molar-refractivity contribution in [3.63, 3.8) is 0 Å². The summed E-state index contributed by atoms with van der Waals surface area (Å²) in [7, 11) is 0. The molecule has 0 atom stereocenters. The van der Waals surface area contributed by atoms with Crippen LogP contribution in [-0.2, 0) is 0 Å². The van der Waals surface area contributed by atoms with Crippen LogP contribution >= 0.6 is 28.1 Å². The van der Waals surface area contributed by atoms with Gasteiger partial charge in [0.1, 0.15) is 5.52 Å². The smallest absolute Gasteiger partial charge is 0.177 e. The summed E-state index contributed by atoms with van der Waals surface area (Å²) < 4.78 is 1.12. The van der Waals surface area contributed by atoms with Crippen LogP contribution < -0.4 is 0 Å². The number of aromatic nitrogens is 4. The standard InChI is InChI=1S/C5H3BrN4S/c6-5-9-3-2(4(11)10-5)7-1-8-3/h1H,(H2,7,8,9,10,11). The first kappa shape index (κ1) is 6.93. The number of hydrogen-bond acceptors (Lipinski definition) is 3. The molecule has 0 radical (unpaired) electrons. The summed E-state index contributed by atoms with van der Waals surface area (Å²) in [5, 5.41) is 0. The lowest BCUT2D eigenvalue weighted by atomic mass is 10.6. The fourth-order valence-corrected chi connectivity index (χ4v) is 1.55. The Morgan fingerprint density at radius 1 is 1.55 bits per heavy atom. The molecule has 0 fully saturated rings. The van der Waals surface area contributed by atoms with E-state index in [4.69, 9.17) is 12.2 Å². The Morgan fingerprint density at radius 3 is 3.18 bits per heavy atom. The zero-order valence-electron chi connectivity index (χ0n) is 5.26. The van der Waals surface area contributed by atoms with Crippen molar-refractivity contribution < 1.29 is 0 Å². The van der Waals surface area contributed by atoms with E-state index in [1.165, 1.54) is 0 Å². The van der Waals surface area contributed by atoms with Gasteiger partial charge in [0, 0.05) is 0 Å². The van der Waals surface area contributed by atoms with Gasteiger partial charge in [-0.1, -0.05) is 12.2 Å². The summed E-state index contributed by atoms with van der Waals surface area (Å²) in [5.74, 6) is 0. The van der Waals surface area contributed by atoms with Crippen molar-refractivity contribution in [2.24, 2.45) is 0 Å². The van der Waals surface area contributed by atoms with Gasteiger partial charge in [0.15, 0.2) is 15.0 Å². The van der Waals surface area contributed by atoms with Gasteiger partial charge in [-0.15, -0.1) is 0 Å². The predicted octanol–water partition coefficient (Wildman–Crippen LogP) is 1.78. The number of rotatable bonds is 0. The zero-order chi connectivity index (χ0) is 7.84. The predicted molar refractivity (Wildman–Crippen MR) is 46.8 cm³/mol. The average Bonchev–Trinajstić information content (AvgIpc) is 2.34. The molecule has 2 rings (SSSR count). The molecule has 0 aliphatic carbocycles.